The molecule has 0 aliphatic heterocycles. The number of ether oxygens (including phenoxy) is 1. The first-order valence-corrected chi connectivity index (χ1v) is 12.4. The summed E-state index contributed by atoms with van der Waals surface area (Å²) >= 11 is 0. The molecule has 0 saturated carbocycles. The third kappa shape index (κ3) is 3.97. The molecule has 0 radical (unpaired) electrons. The molecule has 0 atom stereocenters. The Morgan fingerprint density at radius 3 is 1.89 bits per heavy atom. The Kier molecular flexibility index (Phi) is 5.58. The predicted octanol–water partition coefficient (Wildman–Crippen LogP) is 9.23. The lowest BCUT2D eigenvalue weighted by molar-refractivity contribution is -0.140. The van der Waals surface area contributed by atoms with Crippen molar-refractivity contribution >= 4 is 55.1 Å². The highest BCUT2D eigenvalue weighted by molar-refractivity contribution is 6.08. The van der Waals surface area contributed by atoms with Gasteiger partial charge in [-0.2, -0.15) is 0 Å². The predicted molar refractivity (Wildman–Crippen MR) is 157 cm³/mol. The van der Waals surface area contributed by atoms with Crippen molar-refractivity contribution in [3.05, 3.63) is 127 Å². The second-order valence-corrected chi connectivity index (χ2v) is 9.52. The van der Waals surface area contributed by atoms with Crippen molar-refractivity contribution in [2.45, 2.75) is 13.5 Å². The van der Waals surface area contributed by atoms with E-state index in [1.165, 1.54) is 21.5 Å². The van der Waals surface area contributed by atoms with Gasteiger partial charge in [0.25, 0.3) is 0 Å². The highest BCUT2D eigenvalue weighted by Gasteiger charge is 2.13. The molecule has 0 heterocycles. The van der Waals surface area contributed by atoms with Crippen molar-refractivity contribution in [3.63, 3.8) is 0 Å². The lowest BCUT2D eigenvalue weighted by Gasteiger charge is -2.14. The molecule has 6 rings (SSSR count). The first kappa shape index (κ1) is 22.8. The van der Waals surface area contributed by atoms with Gasteiger partial charge in [0.1, 0.15) is 6.61 Å². The van der Waals surface area contributed by atoms with Gasteiger partial charge in [-0.1, -0.05) is 92.0 Å². The molecule has 0 amide bonds. The normalized spacial score (nSPS) is 11.3. The van der Waals surface area contributed by atoms with E-state index in [0.717, 1.165) is 43.8 Å². The first-order valence-electron chi connectivity index (χ1n) is 12.4. The molecule has 37 heavy (non-hydrogen) atoms. The molecule has 2 nitrogen and oxygen atoms in total. The van der Waals surface area contributed by atoms with Crippen molar-refractivity contribution in [2.75, 3.05) is 0 Å². The standard InChI is InChI=1S/C35H26O2/c1-4-29-30-11-7-5-9-25(30)17-27-15-13-23(19-32(27)29)24-14-16-28-18-26-10-6-8-12-31(26)34(33(28)20-24)21-37-35(36)22(2)3/h4-20H,1-2,21H2,3H3. The lowest BCUT2D eigenvalue weighted by atomic mass is 9.91. The van der Waals surface area contributed by atoms with Gasteiger partial charge in [0.15, 0.2) is 0 Å². The number of hydrogen-bond donors (Lipinski definition) is 0. The van der Waals surface area contributed by atoms with Gasteiger partial charge in [0, 0.05) is 11.1 Å². The molecular formula is C35H26O2. The third-order valence-corrected chi connectivity index (χ3v) is 7.11. The van der Waals surface area contributed by atoms with E-state index in [9.17, 15) is 4.79 Å². The molecule has 0 aliphatic rings. The van der Waals surface area contributed by atoms with E-state index in [-0.39, 0.29) is 12.6 Å². The Labute approximate surface area is 216 Å². The molecule has 2 heteroatoms. The van der Waals surface area contributed by atoms with Crippen LogP contribution in [0.3, 0.4) is 0 Å². The Balaban J connectivity index is 1.54. The van der Waals surface area contributed by atoms with Gasteiger partial charge in [-0.05, 0) is 91.0 Å². The molecular weight excluding hydrogens is 452 g/mol. The van der Waals surface area contributed by atoms with Crippen molar-refractivity contribution in [1.29, 1.82) is 0 Å². The smallest absolute Gasteiger partial charge is 0.333 e. The maximum Gasteiger partial charge on any atom is 0.333 e. The summed E-state index contributed by atoms with van der Waals surface area (Å²) in [5.74, 6) is -0.379. The summed E-state index contributed by atoms with van der Waals surface area (Å²) < 4.78 is 5.63. The van der Waals surface area contributed by atoms with Gasteiger partial charge in [-0.25, -0.2) is 4.79 Å². The van der Waals surface area contributed by atoms with Gasteiger partial charge >= 0.3 is 5.97 Å². The van der Waals surface area contributed by atoms with E-state index in [1.807, 2.05) is 18.2 Å². The van der Waals surface area contributed by atoms with E-state index in [0.29, 0.717) is 5.57 Å². The number of rotatable bonds is 5. The summed E-state index contributed by atoms with van der Waals surface area (Å²) in [7, 11) is 0. The van der Waals surface area contributed by atoms with Gasteiger partial charge in [-0.15, -0.1) is 0 Å². The number of benzene rings is 6. The van der Waals surface area contributed by atoms with Crippen LogP contribution in [0.4, 0.5) is 0 Å². The largest absolute Gasteiger partial charge is 0.457 e. The van der Waals surface area contributed by atoms with Gasteiger partial charge in [0.2, 0.25) is 0 Å². The van der Waals surface area contributed by atoms with Crippen LogP contribution in [0.5, 0.6) is 0 Å². The zero-order valence-corrected chi connectivity index (χ0v) is 20.8. The number of carbonyl (C=O) groups is 1. The minimum absolute atomic E-state index is 0.192. The molecule has 6 aromatic carbocycles. The van der Waals surface area contributed by atoms with Crippen LogP contribution in [0.15, 0.2) is 116 Å². The summed E-state index contributed by atoms with van der Waals surface area (Å²) in [5, 5.41) is 9.18. The summed E-state index contributed by atoms with van der Waals surface area (Å²) in [5.41, 5.74) is 4.79. The summed E-state index contributed by atoms with van der Waals surface area (Å²) in [6.07, 6.45) is 1.95. The number of esters is 1. The molecule has 0 aromatic heterocycles. The van der Waals surface area contributed by atoms with Crippen LogP contribution >= 0.6 is 0 Å². The topological polar surface area (TPSA) is 26.3 Å². The number of fused-ring (bicyclic) bond motifs is 4. The van der Waals surface area contributed by atoms with Gasteiger partial charge < -0.3 is 4.74 Å². The molecule has 0 aliphatic carbocycles. The van der Waals surface area contributed by atoms with Crippen LogP contribution in [0, 0.1) is 0 Å². The van der Waals surface area contributed by atoms with Crippen molar-refractivity contribution in [3.8, 4) is 11.1 Å². The van der Waals surface area contributed by atoms with Crippen LogP contribution in [0.1, 0.15) is 18.1 Å². The first-order chi connectivity index (χ1) is 18.0. The minimum Gasteiger partial charge on any atom is -0.457 e. The highest BCUT2D eigenvalue weighted by Crippen LogP contribution is 2.36. The number of hydrogen-bond acceptors (Lipinski definition) is 2. The second kappa shape index (κ2) is 9.07. The van der Waals surface area contributed by atoms with Crippen LogP contribution < -0.4 is 0 Å². The van der Waals surface area contributed by atoms with Crippen molar-refractivity contribution in [1.82, 2.24) is 0 Å². The fourth-order valence-electron chi connectivity index (χ4n) is 5.25. The van der Waals surface area contributed by atoms with Crippen LogP contribution in [-0.4, -0.2) is 5.97 Å². The van der Waals surface area contributed by atoms with Crippen LogP contribution in [0.25, 0.3) is 60.3 Å². The average Bonchev–Trinajstić information content (AvgIpc) is 2.93. The van der Waals surface area contributed by atoms with Crippen LogP contribution in [0.2, 0.25) is 0 Å². The Morgan fingerprint density at radius 1 is 0.703 bits per heavy atom. The van der Waals surface area contributed by atoms with Gasteiger partial charge in [0.05, 0.1) is 0 Å². The Hall–Kier alpha value is -4.69. The molecule has 0 unspecified atom stereocenters. The molecule has 178 valence electrons. The van der Waals surface area contributed by atoms with E-state index in [1.54, 1.807) is 6.92 Å². The third-order valence-electron chi connectivity index (χ3n) is 7.11. The maximum absolute atomic E-state index is 12.2. The summed E-state index contributed by atoms with van der Waals surface area (Å²) in [6.45, 7) is 9.70. The summed E-state index contributed by atoms with van der Waals surface area (Å²) in [6, 6.07) is 34.2. The lowest BCUT2D eigenvalue weighted by Crippen LogP contribution is -2.05. The molecule has 0 saturated heterocycles. The number of carbonyl (C=O) groups excluding carboxylic acids is 1. The van der Waals surface area contributed by atoms with E-state index in [2.05, 4.69) is 98.1 Å². The van der Waals surface area contributed by atoms with Gasteiger partial charge in [-0.3, -0.25) is 0 Å². The zero-order valence-electron chi connectivity index (χ0n) is 20.8. The molecule has 0 fully saturated rings. The Bertz CT molecular complexity index is 1890. The van der Waals surface area contributed by atoms with Crippen molar-refractivity contribution in [2.24, 2.45) is 0 Å². The fourth-order valence-corrected chi connectivity index (χ4v) is 5.25. The van der Waals surface area contributed by atoms with E-state index in [4.69, 9.17) is 4.74 Å². The zero-order chi connectivity index (χ0) is 25.5. The quantitative estimate of drug-likeness (QED) is 0.140. The maximum atomic E-state index is 12.2. The SMILES string of the molecule is C=Cc1c2ccccc2cc2ccc(-c3ccc4cc5ccccc5c(COC(=O)C(=C)C)c4c3)cc12. The highest BCUT2D eigenvalue weighted by atomic mass is 16.5. The molecule has 0 bridgehead atoms. The Morgan fingerprint density at radius 2 is 1.24 bits per heavy atom. The van der Waals surface area contributed by atoms with E-state index >= 15 is 0 Å². The molecule has 0 N–H and O–H groups in total. The monoisotopic (exact) mass is 478 g/mol. The molecule has 0 spiro atoms. The average molecular weight is 479 g/mol. The fraction of sp³-hybridized carbons (Fsp3) is 0.0571. The minimum atomic E-state index is -0.379. The van der Waals surface area contributed by atoms with Crippen molar-refractivity contribution < 1.29 is 9.53 Å². The summed E-state index contributed by atoms with van der Waals surface area (Å²) in [4.78, 5) is 12.2. The van der Waals surface area contributed by atoms with E-state index < -0.39 is 0 Å². The molecule has 6 aromatic rings. The second-order valence-electron chi connectivity index (χ2n) is 9.52. The van der Waals surface area contributed by atoms with Crippen LogP contribution in [-0.2, 0) is 16.1 Å².